The van der Waals surface area contributed by atoms with E-state index in [9.17, 15) is 18.4 Å². The molecule has 32 heavy (non-hydrogen) atoms. The lowest BCUT2D eigenvalue weighted by Gasteiger charge is -2.21. The molecule has 2 amide bonds. The highest BCUT2D eigenvalue weighted by atomic mass is 19.3. The van der Waals surface area contributed by atoms with Crippen molar-refractivity contribution in [3.8, 4) is 5.75 Å². The summed E-state index contributed by atoms with van der Waals surface area (Å²) in [4.78, 5) is 25.4. The van der Waals surface area contributed by atoms with Gasteiger partial charge in [0, 0.05) is 22.4 Å². The van der Waals surface area contributed by atoms with Crippen LogP contribution in [0, 0.1) is 6.92 Å². The Morgan fingerprint density at radius 3 is 2.28 bits per heavy atom. The van der Waals surface area contributed by atoms with Crippen LogP contribution in [0.2, 0.25) is 0 Å². The molecule has 0 aliphatic carbocycles. The summed E-state index contributed by atoms with van der Waals surface area (Å²) < 4.78 is 30.1. The number of carbonyl (C=O) groups excluding carboxylic acids is 2. The maximum absolute atomic E-state index is 12.9. The van der Waals surface area contributed by atoms with Crippen LogP contribution in [0.15, 0.2) is 72.8 Å². The van der Waals surface area contributed by atoms with E-state index < -0.39 is 12.7 Å². The zero-order valence-electron chi connectivity index (χ0n) is 17.8. The van der Waals surface area contributed by atoms with E-state index in [4.69, 9.17) is 0 Å². The number of ether oxygens (including phenoxy) is 1. The first-order valence-corrected chi connectivity index (χ1v) is 10.2. The number of aryl methyl sites for hydroxylation is 1. The molecule has 0 saturated carbocycles. The Labute approximate surface area is 185 Å². The number of hydrogen-bond acceptors (Lipinski definition) is 3. The summed E-state index contributed by atoms with van der Waals surface area (Å²) in [6.07, 6.45) is 0.471. The quantitative estimate of drug-likeness (QED) is 0.472. The van der Waals surface area contributed by atoms with Gasteiger partial charge in [-0.3, -0.25) is 9.59 Å². The highest BCUT2D eigenvalue weighted by Crippen LogP contribution is 2.29. The summed E-state index contributed by atoms with van der Waals surface area (Å²) >= 11 is 0. The maximum atomic E-state index is 12.9. The van der Waals surface area contributed by atoms with Gasteiger partial charge >= 0.3 is 6.61 Å². The van der Waals surface area contributed by atoms with Gasteiger partial charge in [-0.2, -0.15) is 8.78 Å². The number of anilines is 1. The minimum Gasteiger partial charge on any atom is -0.434 e. The number of amides is 2. The van der Waals surface area contributed by atoms with Crippen LogP contribution in [0.25, 0.3) is 0 Å². The van der Waals surface area contributed by atoms with Crippen molar-refractivity contribution in [1.82, 2.24) is 5.32 Å². The zero-order valence-corrected chi connectivity index (χ0v) is 17.8. The van der Waals surface area contributed by atoms with Crippen LogP contribution in [0.3, 0.4) is 0 Å². The summed E-state index contributed by atoms with van der Waals surface area (Å²) in [5.74, 6) is -0.649. The van der Waals surface area contributed by atoms with Crippen LogP contribution in [-0.4, -0.2) is 18.4 Å². The number of hydrogen-bond donors (Lipinski definition) is 2. The molecule has 0 bridgehead atoms. The van der Waals surface area contributed by atoms with Crippen molar-refractivity contribution in [3.05, 3.63) is 95.1 Å². The Morgan fingerprint density at radius 2 is 1.59 bits per heavy atom. The maximum Gasteiger partial charge on any atom is 0.387 e. The van der Waals surface area contributed by atoms with E-state index in [1.165, 1.54) is 6.07 Å². The van der Waals surface area contributed by atoms with Gasteiger partial charge in [0.25, 0.3) is 11.8 Å². The Hall–Kier alpha value is -3.74. The van der Waals surface area contributed by atoms with Gasteiger partial charge in [-0.1, -0.05) is 49.4 Å². The molecule has 3 aromatic rings. The van der Waals surface area contributed by atoms with Crippen molar-refractivity contribution in [2.75, 3.05) is 5.32 Å². The van der Waals surface area contributed by atoms with Gasteiger partial charge in [-0.15, -0.1) is 0 Å². The Bertz CT molecular complexity index is 1090. The summed E-state index contributed by atoms with van der Waals surface area (Å²) in [7, 11) is 0. The van der Waals surface area contributed by atoms with Gasteiger partial charge in [-0.25, -0.2) is 0 Å². The molecular formula is C25H24F2N2O3. The number of halogens is 2. The average molecular weight is 438 g/mol. The second-order valence-electron chi connectivity index (χ2n) is 7.20. The lowest BCUT2D eigenvalue weighted by molar-refractivity contribution is -0.0507. The van der Waals surface area contributed by atoms with Crippen LogP contribution in [0.1, 0.15) is 51.2 Å². The van der Waals surface area contributed by atoms with Crippen LogP contribution < -0.4 is 15.4 Å². The third kappa shape index (κ3) is 5.69. The third-order valence-corrected chi connectivity index (χ3v) is 5.01. The average Bonchev–Trinajstić information content (AvgIpc) is 2.79. The van der Waals surface area contributed by atoms with E-state index in [1.54, 1.807) is 60.7 Å². The summed E-state index contributed by atoms with van der Waals surface area (Å²) in [5.41, 5.74) is 2.62. The Kier molecular flexibility index (Phi) is 7.54. The zero-order chi connectivity index (χ0) is 23.1. The van der Waals surface area contributed by atoms with Gasteiger partial charge in [0.1, 0.15) is 5.75 Å². The molecule has 7 heteroatoms. The molecule has 0 saturated heterocycles. The van der Waals surface area contributed by atoms with E-state index in [2.05, 4.69) is 15.4 Å². The number of carbonyl (C=O) groups is 2. The van der Waals surface area contributed by atoms with Crippen LogP contribution in [0.4, 0.5) is 14.5 Å². The minimum absolute atomic E-state index is 0.0226. The van der Waals surface area contributed by atoms with Crippen LogP contribution in [-0.2, 0) is 0 Å². The van der Waals surface area contributed by atoms with Crippen LogP contribution in [0.5, 0.6) is 5.75 Å². The first-order chi connectivity index (χ1) is 15.4. The van der Waals surface area contributed by atoms with E-state index in [0.29, 0.717) is 28.8 Å². The largest absolute Gasteiger partial charge is 0.434 e. The predicted octanol–water partition coefficient (Wildman–Crippen LogP) is 5.73. The SMILES string of the molecule is CCC(NC(=O)c1ccc(C)c(NC(=O)c2ccccc2)c1)c1ccccc1OC(F)F. The van der Waals surface area contributed by atoms with Gasteiger partial charge in [0.2, 0.25) is 0 Å². The fraction of sp³-hybridized carbons (Fsp3) is 0.200. The number of benzene rings is 3. The second-order valence-corrected chi connectivity index (χ2v) is 7.20. The van der Waals surface area contributed by atoms with Crippen molar-refractivity contribution in [2.45, 2.75) is 32.9 Å². The fourth-order valence-electron chi connectivity index (χ4n) is 3.29. The first kappa shape index (κ1) is 22.9. The van der Waals surface area contributed by atoms with Gasteiger partial charge in [-0.05, 0) is 49.2 Å². The van der Waals surface area contributed by atoms with Crippen molar-refractivity contribution >= 4 is 17.5 Å². The number of rotatable bonds is 8. The van der Waals surface area contributed by atoms with Crippen LogP contribution >= 0.6 is 0 Å². The monoisotopic (exact) mass is 438 g/mol. The van der Waals surface area contributed by atoms with Crippen molar-refractivity contribution in [3.63, 3.8) is 0 Å². The summed E-state index contributed by atoms with van der Waals surface area (Å²) in [6.45, 7) is 0.706. The van der Waals surface area contributed by atoms with Gasteiger partial charge in [0.05, 0.1) is 6.04 Å². The second kappa shape index (κ2) is 10.5. The third-order valence-electron chi connectivity index (χ3n) is 5.01. The van der Waals surface area contributed by atoms with E-state index in [-0.39, 0.29) is 17.6 Å². The molecule has 3 aromatic carbocycles. The summed E-state index contributed by atoms with van der Waals surface area (Å²) in [5, 5.41) is 5.70. The minimum atomic E-state index is -2.96. The lowest BCUT2D eigenvalue weighted by atomic mass is 10.0. The predicted molar refractivity (Wildman–Crippen MR) is 119 cm³/mol. The van der Waals surface area contributed by atoms with Crippen molar-refractivity contribution in [1.29, 1.82) is 0 Å². The molecule has 3 rings (SSSR count). The van der Waals surface area contributed by atoms with Gasteiger partial charge in [0.15, 0.2) is 0 Å². The Morgan fingerprint density at radius 1 is 0.906 bits per heavy atom. The molecule has 166 valence electrons. The van der Waals surface area contributed by atoms with Crippen molar-refractivity contribution < 1.29 is 23.1 Å². The standard InChI is InChI=1S/C25H24F2N2O3/c1-3-20(19-11-7-8-12-22(19)32-25(26)27)28-24(31)18-14-13-16(2)21(15-18)29-23(30)17-9-5-4-6-10-17/h4-15,20,25H,3H2,1-2H3,(H,28,31)(H,29,30). The molecule has 0 aliphatic rings. The van der Waals surface area contributed by atoms with Crippen molar-refractivity contribution in [2.24, 2.45) is 0 Å². The number of para-hydroxylation sites is 1. The highest BCUT2D eigenvalue weighted by Gasteiger charge is 2.20. The number of alkyl halides is 2. The highest BCUT2D eigenvalue weighted by molar-refractivity contribution is 6.05. The molecule has 1 atom stereocenters. The van der Waals surface area contributed by atoms with E-state index in [0.717, 1.165) is 5.56 Å². The molecule has 0 spiro atoms. The molecule has 0 aromatic heterocycles. The molecule has 0 heterocycles. The molecule has 0 radical (unpaired) electrons. The number of nitrogens with one attached hydrogen (secondary N) is 2. The topological polar surface area (TPSA) is 67.4 Å². The Balaban J connectivity index is 1.79. The molecule has 0 aliphatic heterocycles. The molecular weight excluding hydrogens is 414 g/mol. The van der Waals surface area contributed by atoms with E-state index in [1.807, 2.05) is 19.9 Å². The fourth-order valence-corrected chi connectivity index (χ4v) is 3.29. The molecule has 0 fully saturated rings. The first-order valence-electron chi connectivity index (χ1n) is 10.2. The molecule has 2 N–H and O–H groups in total. The molecule has 1 unspecified atom stereocenters. The van der Waals surface area contributed by atoms with Gasteiger partial charge < -0.3 is 15.4 Å². The normalized spacial score (nSPS) is 11.7. The van der Waals surface area contributed by atoms with E-state index >= 15 is 0 Å². The summed E-state index contributed by atoms with van der Waals surface area (Å²) in [6, 6.07) is 19.6. The lowest BCUT2D eigenvalue weighted by Crippen LogP contribution is -2.29. The molecule has 5 nitrogen and oxygen atoms in total. The smallest absolute Gasteiger partial charge is 0.387 e.